The lowest BCUT2D eigenvalue weighted by Gasteiger charge is -2.60. The van der Waals surface area contributed by atoms with E-state index in [0.717, 1.165) is 25.7 Å². The highest BCUT2D eigenvalue weighted by atomic mass is 28.4. The van der Waals surface area contributed by atoms with Gasteiger partial charge in [-0.15, -0.1) is 6.58 Å². The number of Topliss-reactive ketones (excluding diaryl/α,β-unsaturated/α-hetero) is 1. The second kappa shape index (κ2) is 9.19. The molecule has 0 amide bonds. The first kappa shape index (κ1) is 30.9. The minimum Gasteiger partial charge on any atom is -0.547 e. The van der Waals surface area contributed by atoms with Gasteiger partial charge >= 0.3 is 0 Å². The van der Waals surface area contributed by atoms with Gasteiger partial charge in [-0.25, -0.2) is 0 Å². The Kier molecular flexibility index (Phi) is 7.67. The Hall–Kier alpha value is -0.656. The van der Waals surface area contributed by atoms with Gasteiger partial charge < -0.3 is 8.85 Å². The van der Waals surface area contributed by atoms with Gasteiger partial charge in [0.25, 0.3) is 0 Å². The highest BCUT2D eigenvalue weighted by Gasteiger charge is 2.65. The summed E-state index contributed by atoms with van der Waals surface area (Å²) in [6.07, 6.45) is 6.74. The second-order valence-corrected chi connectivity index (χ2v) is 25.8. The van der Waals surface area contributed by atoms with Crippen molar-refractivity contribution in [3.05, 3.63) is 24.0 Å². The van der Waals surface area contributed by atoms with Crippen molar-refractivity contribution in [3.63, 3.8) is 0 Å². The Balaban J connectivity index is 2.34. The molecule has 0 aliphatic heterocycles. The van der Waals surface area contributed by atoms with Crippen LogP contribution in [0.5, 0.6) is 0 Å². The molecule has 0 radical (unpaired) electrons. The maximum absolute atomic E-state index is 14.4. The Morgan fingerprint density at radius 3 is 1.97 bits per heavy atom. The van der Waals surface area contributed by atoms with Crippen LogP contribution in [0.1, 0.15) is 101 Å². The molecule has 2 saturated carbocycles. The Morgan fingerprint density at radius 1 is 0.946 bits per heavy atom. The van der Waals surface area contributed by atoms with Crippen molar-refractivity contribution in [1.29, 1.82) is 0 Å². The van der Waals surface area contributed by atoms with Crippen LogP contribution in [0.15, 0.2) is 24.0 Å². The lowest BCUT2D eigenvalue weighted by molar-refractivity contribution is -0.142. The summed E-state index contributed by atoms with van der Waals surface area (Å²) in [6.45, 7) is 36.8. The molecule has 0 heterocycles. The molecule has 3 nitrogen and oxygen atoms in total. The third kappa shape index (κ3) is 4.71. The van der Waals surface area contributed by atoms with E-state index in [1.54, 1.807) is 0 Å². The van der Waals surface area contributed by atoms with E-state index in [9.17, 15) is 4.79 Å². The van der Waals surface area contributed by atoms with Crippen molar-refractivity contribution in [3.8, 4) is 0 Å². The van der Waals surface area contributed by atoms with Gasteiger partial charge in [0.15, 0.2) is 8.32 Å². The Morgan fingerprint density at radius 2 is 1.49 bits per heavy atom. The van der Waals surface area contributed by atoms with Gasteiger partial charge in [-0.05, 0) is 80.4 Å². The molecule has 6 atom stereocenters. The molecule has 0 unspecified atom stereocenters. The average molecular weight is 547 g/mol. The molecule has 0 aromatic rings. The topological polar surface area (TPSA) is 35.5 Å². The molecule has 0 aromatic heterocycles. The molecule has 0 spiro atoms. The molecule has 5 heteroatoms. The summed E-state index contributed by atoms with van der Waals surface area (Å²) in [7, 11) is -4.17. The van der Waals surface area contributed by atoms with E-state index in [-0.39, 0.29) is 32.9 Å². The van der Waals surface area contributed by atoms with Crippen molar-refractivity contribution in [2.75, 3.05) is 0 Å². The zero-order chi connectivity index (χ0) is 28.6. The van der Waals surface area contributed by atoms with E-state index < -0.39 is 22.0 Å². The molecular formula is C32H58O3Si2. The van der Waals surface area contributed by atoms with Crippen LogP contribution in [0, 0.1) is 28.1 Å². The first-order valence-electron chi connectivity index (χ1n) is 14.8. The van der Waals surface area contributed by atoms with Crippen molar-refractivity contribution < 1.29 is 13.6 Å². The van der Waals surface area contributed by atoms with Crippen LogP contribution in [0.3, 0.4) is 0 Å². The molecule has 3 aliphatic carbocycles. The lowest BCUT2D eigenvalue weighted by atomic mass is 9.46. The van der Waals surface area contributed by atoms with Gasteiger partial charge in [-0.1, -0.05) is 68.4 Å². The molecule has 0 N–H and O–H groups in total. The summed E-state index contributed by atoms with van der Waals surface area (Å²) in [5.41, 5.74) is 0.544. The van der Waals surface area contributed by atoms with Gasteiger partial charge in [0.1, 0.15) is 5.78 Å². The number of carbonyl (C=O) groups excluding carboxylic acids is 1. The van der Waals surface area contributed by atoms with Crippen LogP contribution >= 0.6 is 0 Å². The van der Waals surface area contributed by atoms with Crippen LogP contribution in [0.25, 0.3) is 0 Å². The minimum atomic E-state index is -2.12. The SMILES string of the molecule is C=C[C@]1(C)C[C@@H](O[Si](C)(C)C(C)(C)C)[C@@]2(C)C3=C(O[Si](C)(C)C(C)(C)C)CC[C@@]3(CC[C@@H]2C)[C@@H](C)C1=O. The van der Waals surface area contributed by atoms with Crippen LogP contribution in [0.4, 0.5) is 0 Å². The fourth-order valence-electron chi connectivity index (χ4n) is 6.99. The summed E-state index contributed by atoms with van der Waals surface area (Å²) in [6, 6.07) is 0. The summed E-state index contributed by atoms with van der Waals surface area (Å²) in [5.74, 6) is 1.96. The van der Waals surface area contributed by atoms with Crippen molar-refractivity contribution in [1.82, 2.24) is 0 Å². The van der Waals surface area contributed by atoms with E-state index in [4.69, 9.17) is 8.85 Å². The molecule has 37 heavy (non-hydrogen) atoms. The Bertz CT molecular complexity index is 965. The van der Waals surface area contributed by atoms with E-state index in [1.807, 2.05) is 6.08 Å². The Labute approximate surface area is 231 Å². The maximum atomic E-state index is 14.4. The zero-order valence-corrected chi connectivity index (χ0v) is 28.8. The average Bonchev–Trinajstić information content (AvgIpc) is 3.12. The first-order chi connectivity index (χ1) is 16.5. The van der Waals surface area contributed by atoms with Crippen LogP contribution in [0.2, 0.25) is 36.3 Å². The monoisotopic (exact) mass is 546 g/mol. The van der Waals surface area contributed by atoms with Crippen LogP contribution < -0.4 is 0 Å². The van der Waals surface area contributed by atoms with Gasteiger partial charge in [-0.3, -0.25) is 4.79 Å². The number of allylic oxidation sites excluding steroid dienone is 2. The normalized spacial score (nSPS) is 37.7. The quantitative estimate of drug-likeness (QED) is 0.254. The van der Waals surface area contributed by atoms with Crippen LogP contribution in [-0.4, -0.2) is 28.5 Å². The van der Waals surface area contributed by atoms with Crippen molar-refractivity contribution >= 4 is 22.4 Å². The fraction of sp³-hybridized carbons (Fsp3) is 0.844. The standard InChI is InChI=1S/C32H58O3Si2/c1-16-30(10)21-25(35-37(14,15)29(7,8)9)31(11)22(2)17-19-32(23(3)27(30)33)20-18-24(26(31)32)34-36(12,13)28(4,5)6/h16,22-23,25H,1,17-21H2,2-15H3/t22-,23-,25+,30+,31-,32-/m0/s1. The van der Waals surface area contributed by atoms with Crippen molar-refractivity contribution in [2.45, 2.75) is 144 Å². The summed E-state index contributed by atoms with van der Waals surface area (Å²) >= 11 is 0. The van der Waals surface area contributed by atoms with E-state index in [0.29, 0.717) is 18.1 Å². The number of rotatable bonds is 5. The first-order valence-corrected chi connectivity index (χ1v) is 20.6. The van der Waals surface area contributed by atoms with Gasteiger partial charge in [0.2, 0.25) is 8.32 Å². The molecular weight excluding hydrogens is 489 g/mol. The summed E-state index contributed by atoms with van der Waals surface area (Å²) < 4.78 is 14.7. The lowest BCUT2D eigenvalue weighted by Crippen LogP contribution is -2.60. The number of hydrogen-bond donors (Lipinski definition) is 0. The summed E-state index contributed by atoms with van der Waals surface area (Å²) in [5, 5.41) is 0.215. The highest BCUT2D eigenvalue weighted by molar-refractivity contribution is 6.74. The number of ketones is 1. The molecule has 3 rings (SSSR count). The van der Waals surface area contributed by atoms with Gasteiger partial charge in [-0.2, -0.15) is 0 Å². The van der Waals surface area contributed by atoms with Gasteiger partial charge in [0.05, 0.1) is 11.9 Å². The van der Waals surface area contributed by atoms with Crippen LogP contribution in [-0.2, 0) is 13.6 Å². The predicted octanol–water partition coefficient (Wildman–Crippen LogP) is 9.67. The zero-order valence-electron chi connectivity index (χ0n) is 26.8. The minimum absolute atomic E-state index is 0.0476. The van der Waals surface area contributed by atoms with E-state index >= 15 is 0 Å². The predicted molar refractivity (Wildman–Crippen MR) is 163 cm³/mol. The molecule has 0 saturated heterocycles. The molecule has 0 aromatic carbocycles. The van der Waals surface area contributed by atoms with Gasteiger partial charge in [0, 0.05) is 28.6 Å². The smallest absolute Gasteiger partial charge is 0.250 e. The third-order valence-electron chi connectivity index (χ3n) is 12.1. The maximum Gasteiger partial charge on any atom is 0.250 e. The molecule has 2 fully saturated rings. The fourth-order valence-corrected chi connectivity index (χ4v) is 9.51. The number of hydrogen-bond acceptors (Lipinski definition) is 3. The van der Waals surface area contributed by atoms with E-state index in [2.05, 4.69) is 102 Å². The van der Waals surface area contributed by atoms with E-state index in [1.165, 1.54) is 11.3 Å². The molecule has 2 bridgehead atoms. The largest absolute Gasteiger partial charge is 0.547 e. The highest BCUT2D eigenvalue weighted by Crippen LogP contribution is 2.68. The molecule has 3 aliphatic rings. The third-order valence-corrected chi connectivity index (χ3v) is 21.0. The van der Waals surface area contributed by atoms with Crippen molar-refractivity contribution in [2.24, 2.45) is 28.1 Å². The number of carbonyl (C=O) groups is 1. The molecule has 212 valence electrons. The summed E-state index contributed by atoms with van der Waals surface area (Å²) in [4.78, 5) is 14.4. The second-order valence-electron chi connectivity index (χ2n) is 16.3.